The summed E-state index contributed by atoms with van der Waals surface area (Å²) in [6.07, 6.45) is 16.5. The summed E-state index contributed by atoms with van der Waals surface area (Å²) in [7, 11) is 0. The van der Waals surface area contributed by atoms with Crippen molar-refractivity contribution < 1.29 is 4.39 Å². The fourth-order valence-electron chi connectivity index (χ4n) is 4.89. The van der Waals surface area contributed by atoms with Crippen LogP contribution < -0.4 is 0 Å². The second kappa shape index (κ2) is 11.9. The van der Waals surface area contributed by atoms with Crippen molar-refractivity contribution >= 4 is 0 Å². The minimum atomic E-state index is -0.330. The van der Waals surface area contributed by atoms with E-state index in [0.717, 1.165) is 23.8 Å². The van der Waals surface area contributed by atoms with Crippen molar-refractivity contribution in [1.82, 2.24) is 0 Å². The van der Waals surface area contributed by atoms with Gasteiger partial charge in [0.25, 0.3) is 0 Å². The number of nitrogens with zero attached hydrogens (tertiary/aromatic N) is 1. The van der Waals surface area contributed by atoms with Gasteiger partial charge >= 0.3 is 0 Å². The Kier molecular flexibility index (Phi) is 8.94. The Morgan fingerprint density at radius 2 is 1.53 bits per heavy atom. The average Bonchev–Trinajstić information content (AvgIpc) is 2.79. The van der Waals surface area contributed by atoms with Crippen LogP contribution in [0.1, 0.15) is 88.7 Å². The second-order valence-electron chi connectivity index (χ2n) is 9.13. The Balaban J connectivity index is 1.40. The van der Waals surface area contributed by atoms with Crippen LogP contribution in [0.25, 0.3) is 11.1 Å². The first-order chi connectivity index (χ1) is 14.7. The molecule has 2 aromatic rings. The molecule has 0 radical (unpaired) electrons. The van der Waals surface area contributed by atoms with Gasteiger partial charge in [0.05, 0.1) is 11.6 Å². The number of hydrogen-bond donors (Lipinski definition) is 0. The van der Waals surface area contributed by atoms with Crippen LogP contribution in [-0.4, -0.2) is 0 Å². The predicted molar refractivity (Wildman–Crippen MR) is 124 cm³/mol. The molecule has 1 nitrogen and oxygen atoms in total. The van der Waals surface area contributed by atoms with Crippen molar-refractivity contribution in [3.05, 3.63) is 59.4 Å². The lowest BCUT2D eigenvalue weighted by molar-refractivity contribution is 0.248. The highest BCUT2D eigenvalue weighted by Gasteiger charge is 2.20. The van der Waals surface area contributed by atoms with Crippen LogP contribution in [0.3, 0.4) is 0 Å². The lowest BCUT2D eigenvalue weighted by atomic mass is 9.77. The first-order valence-electron chi connectivity index (χ1n) is 12.0. The molecular formula is C28H36FN. The van der Waals surface area contributed by atoms with Gasteiger partial charge in [-0.3, -0.25) is 0 Å². The number of aryl methyl sites for hydroxylation is 1. The lowest BCUT2D eigenvalue weighted by Crippen LogP contribution is -2.15. The summed E-state index contributed by atoms with van der Waals surface area (Å²) in [5, 5.41) is 8.89. The van der Waals surface area contributed by atoms with E-state index in [2.05, 4.69) is 19.1 Å². The van der Waals surface area contributed by atoms with Crippen LogP contribution in [0.5, 0.6) is 0 Å². The van der Waals surface area contributed by atoms with Crippen LogP contribution in [0.15, 0.2) is 42.5 Å². The molecule has 0 amide bonds. The zero-order valence-corrected chi connectivity index (χ0v) is 18.5. The van der Waals surface area contributed by atoms with Gasteiger partial charge in [-0.1, -0.05) is 101 Å². The van der Waals surface area contributed by atoms with Gasteiger partial charge in [-0.05, 0) is 47.9 Å². The van der Waals surface area contributed by atoms with Gasteiger partial charge in [0.2, 0.25) is 0 Å². The van der Waals surface area contributed by atoms with Gasteiger partial charge in [-0.15, -0.1) is 0 Å². The molecule has 0 heterocycles. The number of unbranched alkanes of at least 4 members (excludes halogenated alkanes) is 4. The summed E-state index contributed by atoms with van der Waals surface area (Å²) in [6.45, 7) is 2.28. The Bertz CT molecular complexity index is 810. The summed E-state index contributed by atoms with van der Waals surface area (Å²) in [4.78, 5) is 0. The molecule has 1 saturated carbocycles. The number of benzene rings is 2. The number of halogens is 1. The molecule has 0 aromatic heterocycles. The molecule has 1 fully saturated rings. The van der Waals surface area contributed by atoms with Crippen molar-refractivity contribution in [3.63, 3.8) is 0 Å². The fraction of sp³-hybridized carbons (Fsp3) is 0.536. The minimum absolute atomic E-state index is 0.330. The summed E-state index contributed by atoms with van der Waals surface area (Å²) in [5.74, 6) is 1.52. The molecule has 0 bridgehead atoms. The van der Waals surface area contributed by atoms with Gasteiger partial charge < -0.3 is 0 Å². The molecule has 0 N–H and O–H groups in total. The van der Waals surface area contributed by atoms with E-state index in [-0.39, 0.29) is 5.82 Å². The Hall–Kier alpha value is -2.14. The lowest BCUT2D eigenvalue weighted by Gasteiger charge is -2.28. The van der Waals surface area contributed by atoms with E-state index >= 15 is 0 Å². The molecule has 1 aliphatic carbocycles. The number of hydrogen-bond acceptors (Lipinski definition) is 1. The van der Waals surface area contributed by atoms with Gasteiger partial charge in [-0.25, -0.2) is 4.39 Å². The third-order valence-corrected chi connectivity index (χ3v) is 6.89. The zero-order chi connectivity index (χ0) is 21.2. The number of rotatable bonds is 10. The van der Waals surface area contributed by atoms with E-state index in [9.17, 15) is 4.39 Å². The van der Waals surface area contributed by atoms with E-state index in [4.69, 9.17) is 5.26 Å². The highest BCUT2D eigenvalue weighted by molar-refractivity contribution is 5.65. The smallest absolute Gasteiger partial charge is 0.132 e. The summed E-state index contributed by atoms with van der Waals surface area (Å²) >= 11 is 0. The van der Waals surface area contributed by atoms with Gasteiger partial charge in [0.1, 0.15) is 5.82 Å². The maximum absolute atomic E-state index is 14.2. The van der Waals surface area contributed by atoms with E-state index in [1.54, 1.807) is 12.1 Å². The molecule has 0 atom stereocenters. The van der Waals surface area contributed by atoms with Crippen molar-refractivity contribution in [2.45, 2.75) is 84.0 Å². The molecule has 160 valence electrons. The predicted octanol–water partition coefficient (Wildman–Crippen LogP) is 8.46. The Labute approximate surface area is 182 Å². The topological polar surface area (TPSA) is 23.8 Å². The van der Waals surface area contributed by atoms with E-state index in [0.29, 0.717) is 11.1 Å². The third kappa shape index (κ3) is 6.69. The Morgan fingerprint density at radius 3 is 2.17 bits per heavy atom. The molecule has 0 unspecified atom stereocenters. The average molecular weight is 406 g/mol. The zero-order valence-electron chi connectivity index (χ0n) is 18.5. The number of nitriles is 1. The van der Waals surface area contributed by atoms with Crippen LogP contribution in [0.2, 0.25) is 0 Å². The molecule has 0 aliphatic heterocycles. The van der Waals surface area contributed by atoms with Crippen LogP contribution in [-0.2, 0) is 6.42 Å². The first kappa shape index (κ1) is 22.5. The summed E-state index contributed by atoms with van der Waals surface area (Å²) in [5.41, 5.74) is 3.14. The second-order valence-corrected chi connectivity index (χ2v) is 9.13. The highest BCUT2D eigenvalue weighted by atomic mass is 19.1. The molecule has 0 saturated heterocycles. The fourth-order valence-corrected chi connectivity index (χ4v) is 4.89. The van der Waals surface area contributed by atoms with Crippen molar-refractivity contribution in [1.29, 1.82) is 5.26 Å². The Morgan fingerprint density at radius 1 is 0.867 bits per heavy atom. The van der Waals surface area contributed by atoms with E-state index < -0.39 is 0 Å². The molecule has 2 heteroatoms. The monoisotopic (exact) mass is 405 g/mol. The van der Waals surface area contributed by atoms with Crippen molar-refractivity contribution in [2.75, 3.05) is 0 Å². The van der Waals surface area contributed by atoms with Crippen LogP contribution >= 0.6 is 0 Å². The summed E-state index contributed by atoms with van der Waals surface area (Å²) in [6, 6.07) is 15.0. The normalized spacial score (nSPS) is 18.8. The molecule has 30 heavy (non-hydrogen) atoms. The quantitative estimate of drug-likeness (QED) is 0.364. The van der Waals surface area contributed by atoms with Crippen LogP contribution in [0.4, 0.5) is 4.39 Å². The SMILES string of the molecule is CCCCCCC[C@H]1CC[C@H](CCc2ccc(-c3ccc(C#N)cc3F)cc2)CC1. The maximum atomic E-state index is 14.2. The van der Waals surface area contributed by atoms with Crippen LogP contribution in [0, 0.1) is 29.0 Å². The first-order valence-corrected chi connectivity index (χ1v) is 12.0. The molecule has 1 aliphatic rings. The summed E-state index contributed by atoms with van der Waals surface area (Å²) < 4.78 is 14.2. The van der Waals surface area contributed by atoms with Gasteiger partial charge in [0, 0.05) is 5.56 Å². The van der Waals surface area contributed by atoms with Crippen molar-refractivity contribution in [2.24, 2.45) is 11.8 Å². The van der Waals surface area contributed by atoms with E-state index in [1.165, 1.54) is 82.3 Å². The maximum Gasteiger partial charge on any atom is 0.132 e. The minimum Gasteiger partial charge on any atom is -0.206 e. The van der Waals surface area contributed by atoms with Gasteiger partial charge in [-0.2, -0.15) is 5.26 Å². The standard InChI is InChI=1S/C28H36FN/c1-2-3-4-5-6-7-22-8-10-23(11-9-22)12-13-24-14-17-26(18-15-24)27-19-16-25(21-30)20-28(27)29/h14-20,22-23H,2-13H2,1H3/t22-,23-. The molecule has 3 rings (SSSR count). The van der Waals surface area contributed by atoms with E-state index in [1.807, 2.05) is 18.2 Å². The van der Waals surface area contributed by atoms with Gasteiger partial charge in [0.15, 0.2) is 0 Å². The molecule has 0 spiro atoms. The molecule has 2 aromatic carbocycles. The largest absolute Gasteiger partial charge is 0.206 e. The molecular weight excluding hydrogens is 369 g/mol. The third-order valence-electron chi connectivity index (χ3n) is 6.89. The van der Waals surface area contributed by atoms with Crippen molar-refractivity contribution in [3.8, 4) is 17.2 Å². The highest BCUT2D eigenvalue weighted by Crippen LogP contribution is 2.34.